The van der Waals surface area contributed by atoms with Crippen LogP contribution in [0.1, 0.15) is 19.3 Å². The van der Waals surface area contributed by atoms with E-state index >= 15 is 0 Å². The van der Waals surface area contributed by atoms with Crippen LogP contribution in [0.25, 0.3) is 0 Å². The highest BCUT2D eigenvalue weighted by Gasteiger charge is 2.57. The monoisotopic (exact) mass is 248 g/mol. The quantitative estimate of drug-likeness (QED) is 0.842. The van der Waals surface area contributed by atoms with Crippen molar-refractivity contribution in [1.82, 2.24) is 5.32 Å². The molecule has 1 aliphatic heterocycles. The Bertz CT molecular complexity index is 451. The Morgan fingerprint density at radius 3 is 2.61 bits per heavy atom. The second-order valence-corrected chi connectivity index (χ2v) is 5.37. The zero-order valence-electron chi connectivity index (χ0n) is 10.2. The number of benzene rings is 1. The summed E-state index contributed by atoms with van der Waals surface area (Å²) >= 11 is 0. The van der Waals surface area contributed by atoms with Gasteiger partial charge in [0.1, 0.15) is 5.82 Å². The molecule has 1 saturated carbocycles. The molecule has 0 bridgehead atoms. The molecular formula is C14H17FN2O. The van der Waals surface area contributed by atoms with Crippen molar-refractivity contribution in [2.45, 2.75) is 19.3 Å². The summed E-state index contributed by atoms with van der Waals surface area (Å²) in [6, 6.07) is 5.93. The Hall–Kier alpha value is -1.42. The summed E-state index contributed by atoms with van der Waals surface area (Å²) < 4.78 is 12.8. The first-order chi connectivity index (χ1) is 8.70. The number of hydrogen-bond donors (Lipinski definition) is 2. The first kappa shape index (κ1) is 11.7. The number of nitrogens with one attached hydrogen (secondary N) is 2. The van der Waals surface area contributed by atoms with Crippen molar-refractivity contribution in [3.05, 3.63) is 30.1 Å². The van der Waals surface area contributed by atoms with E-state index in [1.807, 2.05) is 0 Å². The minimum absolute atomic E-state index is 0.0866. The summed E-state index contributed by atoms with van der Waals surface area (Å²) in [7, 11) is 0. The highest BCUT2D eigenvalue weighted by Crippen LogP contribution is 2.58. The summed E-state index contributed by atoms with van der Waals surface area (Å²) in [5.41, 5.74) is 0.924. The molecule has 1 heterocycles. The van der Waals surface area contributed by atoms with E-state index in [0.717, 1.165) is 32.4 Å². The molecule has 1 aliphatic carbocycles. The van der Waals surface area contributed by atoms with Gasteiger partial charge in [-0.25, -0.2) is 4.39 Å². The van der Waals surface area contributed by atoms with Gasteiger partial charge in [-0.05, 0) is 62.0 Å². The summed E-state index contributed by atoms with van der Waals surface area (Å²) in [4.78, 5) is 12.1. The van der Waals surface area contributed by atoms with E-state index in [2.05, 4.69) is 10.6 Å². The molecule has 2 N–H and O–H groups in total. The number of halogens is 1. The van der Waals surface area contributed by atoms with Gasteiger partial charge < -0.3 is 10.6 Å². The fourth-order valence-electron chi connectivity index (χ4n) is 2.96. The summed E-state index contributed by atoms with van der Waals surface area (Å²) in [5.74, 6) is -0.0533. The Kier molecular flexibility index (Phi) is 2.82. The predicted molar refractivity (Wildman–Crippen MR) is 67.7 cm³/mol. The molecule has 0 radical (unpaired) electrons. The Balaban J connectivity index is 1.61. The number of carbonyl (C=O) groups is 1. The van der Waals surface area contributed by atoms with Crippen molar-refractivity contribution in [1.29, 1.82) is 0 Å². The summed E-state index contributed by atoms with van der Waals surface area (Å²) in [5, 5.41) is 6.20. The van der Waals surface area contributed by atoms with Gasteiger partial charge in [0.15, 0.2) is 0 Å². The van der Waals surface area contributed by atoms with Crippen molar-refractivity contribution >= 4 is 11.6 Å². The maximum Gasteiger partial charge on any atom is 0.228 e. The van der Waals surface area contributed by atoms with Gasteiger partial charge in [0.2, 0.25) is 5.91 Å². The topological polar surface area (TPSA) is 41.1 Å². The van der Waals surface area contributed by atoms with Gasteiger partial charge in [-0.3, -0.25) is 4.79 Å². The Labute approximate surface area is 106 Å². The van der Waals surface area contributed by atoms with Gasteiger partial charge >= 0.3 is 0 Å². The van der Waals surface area contributed by atoms with Crippen LogP contribution >= 0.6 is 0 Å². The number of rotatable bonds is 2. The molecule has 1 saturated heterocycles. The van der Waals surface area contributed by atoms with Crippen LogP contribution in [0.15, 0.2) is 24.3 Å². The molecule has 1 aromatic rings. The zero-order valence-corrected chi connectivity index (χ0v) is 10.2. The lowest BCUT2D eigenvalue weighted by molar-refractivity contribution is -0.118. The lowest BCUT2D eigenvalue weighted by Gasteiger charge is -2.23. The summed E-state index contributed by atoms with van der Waals surface area (Å²) in [6.07, 6.45) is 3.19. The fraction of sp³-hybridized carbons (Fsp3) is 0.500. The van der Waals surface area contributed by atoms with Crippen LogP contribution in [-0.4, -0.2) is 19.0 Å². The van der Waals surface area contributed by atoms with E-state index in [4.69, 9.17) is 0 Å². The minimum Gasteiger partial charge on any atom is -0.326 e. The fourth-order valence-corrected chi connectivity index (χ4v) is 2.96. The third-order valence-corrected chi connectivity index (χ3v) is 4.22. The van der Waals surface area contributed by atoms with Crippen LogP contribution in [0.4, 0.5) is 10.1 Å². The van der Waals surface area contributed by atoms with Gasteiger partial charge in [-0.2, -0.15) is 0 Å². The molecule has 4 heteroatoms. The van der Waals surface area contributed by atoms with E-state index in [-0.39, 0.29) is 23.1 Å². The van der Waals surface area contributed by atoms with Gasteiger partial charge in [0.25, 0.3) is 0 Å². The van der Waals surface area contributed by atoms with Crippen LogP contribution in [0.2, 0.25) is 0 Å². The zero-order chi connectivity index (χ0) is 12.6. The van der Waals surface area contributed by atoms with Crippen molar-refractivity contribution in [2.75, 3.05) is 18.4 Å². The Morgan fingerprint density at radius 2 is 1.94 bits per heavy atom. The number of amides is 1. The molecule has 1 aromatic carbocycles. The lowest BCUT2D eigenvalue weighted by Crippen LogP contribution is -2.31. The molecule has 2 fully saturated rings. The second-order valence-electron chi connectivity index (χ2n) is 5.37. The highest BCUT2D eigenvalue weighted by molar-refractivity contribution is 5.95. The van der Waals surface area contributed by atoms with Gasteiger partial charge in [0, 0.05) is 11.6 Å². The van der Waals surface area contributed by atoms with E-state index in [9.17, 15) is 9.18 Å². The van der Waals surface area contributed by atoms with Crippen LogP contribution in [0.5, 0.6) is 0 Å². The molecule has 0 aromatic heterocycles. The number of piperidine rings is 1. The molecular weight excluding hydrogens is 231 g/mol. The van der Waals surface area contributed by atoms with Gasteiger partial charge in [0.05, 0.1) is 0 Å². The van der Waals surface area contributed by atoms with Crippen LogP contribution in [-0.2, 0) is 4.79 Å². The first-order valence-corrected chi connectivity index (χ1v) is 6.47. The maximum atomic E-state index is 12.8. The Morgan fingerprint density at radius 1 is 1.28 bits per heavy atom. The van der Waals surface area contributed by atoms with Gasteiger partial charge in [-0.1, -0.05) is 0 Å². The van der Waals surface area contributed by atoms with Crippen molar-refractivity contribution in [2.24, 2.45) is 11.3 Å². The molecule has 1 unspecified atom stereocenters. The average Bonchev–Trinajstić information content (AvgIpc) is 3.07. The molecule has 96 valence electrons. The molecule has 3 nitrogen and oxygen atoms in total. The molecule has 3 rings (SSSR count). The number of carbonyl (C=O) groups excluding carboxylic acids is 1. The standard InChI is InChI=1S/C14H17FN2O/c15-10-1-3-11(4-2-10)17-13(18)12-9-14(12)5-7-16-8-6-14/h1-4,12,16H,5-9H2,(H,17,18). The van der Waals surface area contributed by atoms with Crippen LogP contribution in [0.3, 0.4) is 0 Å². The van der Waals surface area contributed by atoms with Crippen molar-refractivity contribution in [3.63, 3.8) is 0 Å². The summed E-state index contributed by atoms with van der Waals surface area (Å²) in [6.45, 7) is 2.03. The third kappa shape index (κ3) is 2.12. The van der Waals surface area contributed by atoms with E-state index in [1.54, 1.807) is 12.1 Å². The molecule has 18 heavy (non-hydrogen) atoms. The van der Waals surface area contributed by atoms with E-state index < -0.39 is 0 Å². The normalized spacial score (nSPS) is 24.8. The largest absolute Gasteiger partial charge is 0.326 e. The van der Waals surface area contributed by atoms with Gasteiger partial charge in [-0.15, -0.1) is 0 Å². The molecule has 1 atom stereocenters. The predicted octanol–water partition coefficient (Wildman–Crippen LogP) is 2.15. The lowest BCUT2D eigenvalue weighted by atomic mass is 9.92. The number of hydrogen-bond acceptors (Lipinski definition) is 2. The van der Waals surface area contributed by atoms with Crippen LogP contribution in [0, 0.1) is 17.2 Å². The minimum atomic E-state index is -0.283. The van der Waals surface area contributed by atoms with Crippen molar-refractivity contribution in [3.8, 4) is 0 Å². The molecule has 1 spiro atoms. The number of anilines is 1. The highest BCUT2D eigenvalue weighted by atomic mass is 19.1. The second kappa shape index (κ2) is 4.35. The van der Waals surface area contributed by atoms with Crippen LogP contribution < -0.4 is 10.6 Å². The van der Waals surface area contributed by atoms with E-state index in [0.29, 0.717) is 5.69 Å². The SMILES string of the molecule is O=C(Nc1ccc(F)cc1)C1CC12CCNCC2. The average molecular weight is 248 g/mol. The van der Waals surface area contributed by atoms with Crippen molar-refractivity contribution < 1.29 is 9.18 Å². The molecule has 2 aliphatic rings. The molecule has 1 amide bonds. The first-order valence-electron chi connectivity index (χ1n) is 6.47. The smallest absolute Gasteiger partial charge is 0.228 e. The van der Waals surface area contributed by atoms with E-state index in [1.165, 1.54) is 12.1 Å². The maximum absolute atomic E-state index is 12.8. The third-order valence-electron chi connectivity index (χ3n) is 4.22.